The van der Waals surface area contributed by atoms with Crippen molar-refractivity contribution in [1.29, 1.82) is 0 Å². The molecule has 1 rings (SSSR count). The molecule has 3 nitrogen and oxygen atoms in total. The summed E-state index contributed by atoms with van der Waals surface area (Å²) >= 11 is 0. The molecule has 1 saturated heterocycles. The Labute approximate surface area is 78.7 Å². The molecule has 0 aromatic rings. The lowest BCUT2D eigenvalue weighted by Crippen LogP contribution is -2.33. The van der Waals surface area contributed by atoms with Gasteiger partial charge in [0.05, 0.1) is 11.8 Å². The molecule has 1 heterocycles. The Hall–Kier alpha value is -0.490. The van der Waals surface area contributed by atoms with E-state index < -0.39 is 24.0 Å². The summed E-state index contributed by atoms with van der Waals surface area (Å²) in [5.74, 6) is -4.46. The minimum atomic E-state index is -4.41. The largest absolute Gasteiger partial charge is 0.481 e. The molecule has 1 aliphatic heterocycles. The van der Waals surface area contributed by atoms with E-state index in [1.165, 1.54) is 0 Å². The topological polar surface area (TPSA) is 49.3 Å². The van der Waals surface area contributed by atoms with E-state index in [0.29, 0.717) is 0 Å². The number of carboxylic acids is 1. The highest BCUT2D eigenvalue weighted by molar-refractivity contribution is 5.85. The van der Waals surface area contributed by atoms with Crippen molar-refractivity contribution in [3.8, 4) is 0 Å². The number of nitrogens with one attached hydrogen (secondary N) is 1. The van der Waals surface area contributed by atoms with Crippen LogP contribution < -0.4 is 5.32 Å². The van der Waals surface area contributed by atoms with Crippen molar-refractivity contribution in [2.45, 2.75) is 6.18 Å². The van der Waals surface area contributed by atoms with Crippen molar-refractivity contribution in [3.63, 3.8) is 0 Å². The zero-order chi connectivity index (χ0) is 9.35. The first-order valence-corrected chi connectivity index (χ1v) is 3.43. The fourth-order valence-corrected chi connectivity index (χ4v) is 1.28. The van der Waals surface area contributed by atoms with Crippen LogP contribution in [0.2, 0.25) is 0 Å². The molecule has 0 aromatic heterocycles. The first-order chi connectivity index (χ1) is 5.43. The van der Waals surface area contributed by atoms with E-state index >= 15 is 0 Å². The van der Waals surface area contributed by atoms with Gasteiger partial charge < -0.3 is 10.4 Å². The quantitative estimate of drug-likeness (QED) is 0.689. The van der Waals surface area contributed by atoms with Gasteiger partial charge >= 0.3 is 12.1 Å². The number of carboxylic acid groups (broad SMARTS) is 1. The molecule has 0 bridgehead atoms. The maximum Gasteiger partial charge on any atom is 0.393 e. The molecule has 0 amide bonds. The van der Waals surface area contributed by atoms with Gasteiger partial charge in [-0.25, -0.2) is 0 Å². The zero-order valence-electron chi connectivity index (χ0n) is 6.47. The Bertz CT molecular complexity index is 197. The molecule has 0 spiro atoms. The molecule has 0 aromatic carbocycles. The van der Waals surface area contributed by atoms with Crippen molar-refractivity contribution in [1.82, 2.24) is 5.32 Å². The van der Waals surface area contributed by atoms with Gasteiger partial charge in [-0.1, -0.05) is 0 Å². The SMILES string of the molecule is Cl.O=C(O)C1CNCC1C(F)(F)F. The smallest absolute Gasteiger partial charge is 0.393 e. The average molecular weight is 220 g/mol. The van der Waals surface area contributed by atoms with E-state index in [1.54, 1.807) is 0 Å². The summed E-state index contributed by atoms with van der Waals surface area (Å²) < 4.78 is 36.2. The number of aliphatic carboxylic acids is 1. The van der Waals surface area contributed by atoms with Gasteiger partial charge in [0.15, 0.2) is 0 Å². The Morgan fingerprint density at radius 2 is 1.92 bits per heavy atom. The van der Waals surface area contributed by atoms with Crippen LogP contribution in [0.15, 0.2) is 0 Å². The normalized spacial score (nSPS) is 28.2. The van der Waals surface area contributed by atoms with Gasteiger partial charge in [0.2, 0.25) is 0 Å². The van der Waals surface area contributed by atoms with Gasteiger partial charge in [-0.2, -0.15) is 13.2 Å². The fourth-order valence-electron chi connectivity index (χ4n) is 1.28. The molecule has 78 valence electrons. The van der Waals surface area contributed by atoms with Crippen molar-refractivity contribution in [3.05, 3.63) is 0 Å². The van der Waals surface area contributed by atoms with Crippen LogP contribution in [0.25, 0.3) is 0 Å². The van der Waals surface area contributed by atoms with Gasteiger partial charge in [-0.15, -0.1) is 12.4 Å². The number of alkyl halides is 3. The van der Waals surface area contributed by atoms with Crippen molar-refractivity contribution in [2.24, 2.45) is 11.8 Å². The standard InChI is InChI=1S/C6H8F3NO2.ClH/c7-6(8,9)4-2-10-1-3(4)5(11)12;/h3-4,10H,1-2H2,(H,11,12);1H. The van der Waals surface area contributed by atoms with Crippen LogP contribution in [0.4, 0.5) is 13.2 Å². The molecule has 13 heavy (non-hydrogen) atoms. The summed E-state index contributed by atoms with van der Waals surface area (Å²) in [7, 11) is 0. The molecule has 7 heteroatoms. The monoisotopic (exact) mass is 219 g/mol. The number of hydrogen-bond donors (Lipinski definition) is 2. The zero-order valence-corrected chi connectivity index (χ0v) is 7.28. The van der Waals surface area contributed by atoms with E-state index in [2.05, 4.69) is 5.32 Å². The maximum atomic E-state index is 12.1. The molecule has 0 radical (unpaired) electrons. The van der Waals surface area contributed by atoms with Crippen LogP contribution in [-0.2, 0) is 4.79 Å². The van der Waals surface area contributed by atoms with Crippen LogP contribution in [0.3, 0.4) is 0 Å². The third kappa shape index (κ3) is 2.73. The predicted octanol–water partition coefficient (Wildman–Crippen LogP) is 0.891. The minimum absolute atomic E-state index is 0. The molecule has 2 unspecified atom stereocenters. The van der Waals surface area contributed by atoms with Gasteiger partial charge in [0, 0.05) is 13.1 Å². The molecule has 0 saturated carbocycles. The van der Waals surface area contributed by atoms with Crippen LogP contribution >= 0.6 is 12.4 Å². The highest BCUT2D eigenvalue weighted by Gasteiger charge is 2.49. The van der Waals surface area contributed by atoms with Gasteiger partial charge in [-0.3, -0.25) is 4.79 Å². The second-order valence-corrected chi connectivity index (χ2v) is 2.75. The van der Waals surface area contributed by atoms with Crippen molar-refractivity contribution < 1.29 is 23.1 Å². The molecule has 1 aliphatic rings. The average Bonchev–Trinajstić information content (AvgIpc) is 2.30. The Morgan fingerprint density at radius 1 is 1.38 bits per heavy atom. The lowest BCUT2D eigenvalue weighted by Gasteiger charge is -2.17. The highest BCUT2D eigenvalue weighted by atomic mass is 35.5. The molecule has 2 atom stereocenters. The fraction of sp³-hybridized carbons (Fsp3) is 0.833. The van der Waals surface area contributed by atoms with E-state index in [4.69, 9.17) is 5.11 Å². The second-order valence-electron chi connectivity index (χ2n) is 2.75. The summed E-state index contributed by atoms with van der Waals surface area (Å²) in [5.41, 5.74) is 0. The van der Waals surface area contributed by atoms with Crippen LogP contribution in [-0.4, -0.2) is 30.3 Å². The van der Waals surface area contributed by atoms with E-state index in [1.807, 2.05) is 0 Å². The summed E-state index contributed by atoms with van der Waals surface area (Å²) in [5, 5.41) is 10.8. The Kier molecular flexibility index (Phi) is 3.99. The molecule has 0 aliphatic carbocycles. The summed E-state index contributed by atoms with van der Waals surface area (Å²) in [4.78, 5) is 10.3. The van der Waals surface area contributed by atoms with Crippen LogP contribution in [0, 0.1) is 11.8 Å². The number of halogens is 4. The summed E-state index contributed by atoms with van der Waals surface area (Å²) in [6.07, 6.45) is -4.41. The van der Waals surface area contributed by atoms with Crippen LogP contribution in [0.5, 0.6) is 0 Å². The lowest BCUT2D eigenvalue weighted by atomic mass is 9.96. The van der Waals surface area contributed by atoms with Gasteiger partial charge in [0.1, 0.15) is 0 Å². The molecular weight excluding hydrogens is 211 g/mol. The van der Waals surface area contributed by atoms with Gasteiger partial charge in [-0.05, 0) is 0 Å². The first kappa shape index (κ1) is 12.5. The number of hydrogen-bond acceptors (Lipinski definition) is 2. The predicted molar refractivity (Wildman–Crippen MR) is 40.8 cm³/mol. The minimum Gasteiger partial charge on any atom is -0.481 e. The number of carbonyl (C=O) groups is 1. The Balaban J connectivity index is 0.00000144. The molecule has 2 N–H and O–H groups in total. The first-order valence-electron chi connectivity index (χ1n) is 3.43. The van der Waals surface area contributed by atoms with E-state index in [0.717, 1.165) is 0 Å². The van der Waals surface area contributed by atoms with Crippen molar-refractivity contribution >= 4 is 18.4 Å². The van der Waals surface area contributed by atoms with Crippen molar-refractivity contribution in [2.75, 3.05) is 13.1 Å². The highest BCUT2D eigenvalue weighted by Crippen LogP contribution is 2.34. The summed E-state index contributed by atoms with van der Waals surface area (Å²) in [6.45, 7) is -0.389. The van der Waals surface area contributed by atoms with E-state index in [9.17, 15) is 18.0 Å². The third-order valence-corrected chi connectivity index (χ3v) is 1.95. The Morgan fingerprint density at radius 3 is 2.23 bits per heavy atom. The molecule has 1 fully saturated rings. The third-order valence-electron chi connectivity index (χ3n) is 1.95. The van der Waals surface area contributed by atoms with Crippen LogP contribution in [0.1, 0.15) is 0 Å². The molecular formula is C6H9ClF3NO2. The maximum absolute atomic E-state index is 12.1. The number of rotatable bonds is 1. The summed E-state index contributed by atoms with van der Waals surface area (Å²) in [6, 6.07) is 0. The lowest BCUT2D eigenvalue weighted by molar-refractivity contribution is -0.187. The van der Waals surface area contributed by atoms with E-state index in [-0.39, 0.29) is 25.5 Å². The van der Waals surface area contributed by atoms with Gasteiger partial charge in [0.25, 0.3) is 0 Å². The second kappa shape index (κ2) is 4.15.